The van der Waals surface area contributed by atoms with Gasteiger partial charge in [0.25, 0.3) is 5.91 Å². The Labute approximate surface area is 143 Å². The number of aryl methyl sites for hydroxylation is 1. The van der Waals surface area contributed by atoms with Gasteiger partial charge in [-0.05, 0) is 51.0 Å². The maximum atomic E-state index is 12.6. The molecule has 0 saturated heterocycles. The van der Waals surface area contributed by atoms with E-state index in [0.717, 1.165) is 17.4 Å². The Balaban J connectivity index is 2.31. The average Bonchev–Trinajstić information content (AvgIpc) is 2.80. The number of aromatic nitrogens is 1. The number of aliphatic hydroxyl groups is 1. The van der Waals surface area contributed by atoms with Crippen LogP contribution in [0.2, 0.25) is 0 Å². The molecule has 1 N–H and O–H groups in total. The van der Waals surface area contributed by atoms with Gasteiger partial charge in [-0.1, -0.05) is 0 Å². The Morgan fingerprint density at radius 2 is 2.08 bits per heavy atom. The Morgan fingerprint density at radius 3 is 2.71 bits per heavy atom. The monoisotopic (exact) mass is 332 g/mol. The van der Waals surface area contributed by atoms with E-state index >= 15 is 0 Å². The number of amides is 1. The number of hydrogen-bond acceptors (Lipinski definition) is 3. The molecule has 0 fully saturated rings. The summed E-state index contributed by atoms with van der Waals surface area (Å²) in [7, 11) is 3.48. The summed E-state index contributed by atoms with van der Waals surface area (Å²) in [4.78, 5) is 14.3. The van der Waals surface area contributed by atoms with Gasteiger partial charge in [-0.25, -0.2) is 0 Å². The number of carbonyl (C=O) groups is 1. The molecule has 0 saturated carbocycles. The highest BCUT2D eigenvalue weighted by Crippen LogP contribution is 2.26. The normalized spacial score (nSPS) is 12.6. The van der Waals surface area contributed by atoms with E-state index in [0.29, 0.717) is 25.1 Å². The van der Waals surface area contributed by atoms with Crippen LogP contribution in [0.25, 0.3) is 10.9 Å². The molecule has 24 heavy (non-hydrogen) atoms. The van der Waals surface area contributed by atoms with Crippen LogP contribution in [0.4, 0.5) is 0 Å². The first kappa shape index (κ1) is 18.5. The van der Waals surface area contributed by atoms with Crippen LogP contribution in [0, 0.1) is 13.8 Å². The lowest BCUT2D eigenvalue weighted by molar-refractivity contribution is 0.0769. The predicted octanol–water partition coefficient (Wildman–Crippen LogP) is 2.75. The van der Waals surface area contributed by atoms with Crippen LogP contribution in [0.1, 0.15) is 35.0 Å². The Hall–Kier alpha value is -1.85. The molecule has 2 aromatic rings. The third-order valence-electron chi connectivity index (χ3n) is 4.63. The minimum atomic E-state index is -0.401. The number of rotatable bonds is 7. The summed E-state index contributed by atoms with van der Waals surface area (Å²) in [5.74, 6) is -0.0146. The van der Waals surface area contributed by atoms with Crippen molar-refractivity contribution < 1.29 is 14.6 Å². The van der Waals surface area contributed by atoms with E-state index in [9.17, 15) is 9.90 Å². The molecule has 0 aliphatic rings. The zero-order valence-corrected chi connectivity index (χ0v) is 15.3. The van der Waals surface area contributed by atoms with Gasteiger partial charge in [0.15, 0.2) is 0 Å². The molecule has 1 amide bonds. The van der Waals surface area contributed by atoms with Gasteiger partial charge >= 0.3 is 0 Å². The molecule has 0 aliphatic carbocycles. The Bertz CT molecular complexity index is 719. The third kappa shape index (κ3) is 3.79. The third-order valence-corrected chi connectivity index (χ3v) is 4.63. The van der Waals surface area contributed by atoms with Gasteiger partial charge in [0, 0.05) is 49.4 Å². The summed E-state index contributed by atoms with van der Waals surface area (Å²) in [5, 5.41) is 10.5. The number of hydrogen-bond donors (Lipinski definition) is 1. The van der Waals surface area contributed by atoms with E-state index in [2.05, 4.69) is 18.4 Å². The van der Waals surface area contributed by atoms with Crippen molar-refractivity contribution >= 4 is 16.8 Å². The summed E-state index contributed by atoms with van der Waals surface area (Å²) >= 11 is 0. The highest BCUT2D eigenvalue weighted by molar-refractivity contribution is 5.99. The maximum Gasteiger partial charge on any atom is 0.253 e. The molecule has 0 radical (unpaired) electrons. The predicted molar refractivity (Wildman–Crippen MR) is 96.5 cm³/mol. The number of benzene rings is 1. The molecule has 1 aromatic carbocycles. The first-order valence-corrected chi connectivity index (χ1v) is 8.38. The van der Waals surface area contributed by atoms with Crippen LogP contribution >= 0.6 is 0 Å². The van der Waals surface area contributed by atoms with Crippen molar-refractivity contribution in [2.75, 3.05) is 27.3 Å². The molecule has 0 bridgehead atoms. The number of ether oxygens (including phenoxy) is 1. The fourth-order valence-corrected chi connectivity index (χ4v) is 2.96. The molecule has 1 atom stereocenters. The van der Waals surface area contributed by atoms with Gasteiger partial charge < -0.3 is 19.3 Å². The van der Waals surface area contributed by atoms with Gasteiger partial charge in [0.05, 0.1) is 12.7 Å². The van der Waals surface area contributed by atoms with Crippen LogP contribution in [0.5, 0.6) is 0 Å². The minimum Gasteiger partial charge on any atom is -0.393 e. The summed E-state index contributed by atoms with van der Waals surface area (Å²) in [6.07, 6.45) is 0.179. The second kappa shape index (κ2) is 7.81. The van der Waals surface area contributed by atoms with Crippen molar-refractivity contribution in [3.63, 3.8) is 0 Å². The molecule has 1 aromatic heterocycles. The molecule has 5 heteroatoms. The molecule has 132 valence electrons. The van der Waals surface area contributed by atoms with Crippen molar-refractivity contribution in [3.05, 3.63) is 35.0 Å². The fourth-order valence-electron chi connectivity index (χ4n) is 2.96. The van der Waals surface area contributed by atoms with Crippen molar-refractivity contribution in [1.29, 1.82) is 0 Å². The second-order valence-electron chi connectivity index (χ2n) is 6.45. The second-order valence-corrected chi connectivity index (χ2v) is 6.45. The smallest absolute Gasteiger partial charge is 0.253 e. The SMILES string of the molecule is COCCn1c(C)c(C)c2cc(C(=O)N(C)CCC(C)O)ccc21. The van der Waals surface area contributed by atoms with E-state index < -0.39 is 6.10 Å². The van der Waals surface area contributed by atoms with Crippen LogP contribution in [-0.4, -0.2) is 53.9 Å². The van der Waals surface area contributed by atoms with E-state index in [1.54, 1.807) is 26.0 Å². The number of fused-ring (bicyclic) bond motifs is 1. The summed E-state index contributed by atoms with van der Waals surface area (Å²) < 4.78 is 7.43. The molecular weight excluding hydrogens is 304 g/mol. The highest BCUT2D eigenvalue weighted by Gasteiger charge is 2.16. The van der Waals surface area contributed by atoms with Crippen LogP contribution in [0.15, 0.2) is 18.2 Å². The average molecular weight is 332 g/mol. The highest BCUT2D eigenvalue weighted by atomic mass is 16.5. The van der Waals surface area contributed by atoms with Crippen LogP contribution < -0.4 is 0 Å². The number of carbonyl (C=O) groups excluding carboxylic acids is 1. The number of nitrogens with zero attached hydrogens (tertiary/aromatic N) is 2. The zero-order chi connectivity index (χ0) is 17.9. The van der Waals surface area contributed by atoms with E-state index in [1.807, 2.05) is 18.2 Å². The van der Waals surface area contributed by atoms with Crippen molar-refractivity contribution in [3.8, 4) is 0 Å². The molecular formula is C19H28N2O3. The van der Waals surface area contributed by atoms with Gasteiger partial charge in [0.1, 0.15) is 0 Å². The lowest BCUT2D eigenvalue weighted by Gasteiger charge is -2.18. The molecule has 2 rings (SSSR count). The quantitative estimate of drug-likeness (QED) is 0.848. The largest absolute Gasteiger partial charge is 0.393 e. The molecule has 1 unspecified atom stereocenters. The first-order valence-electron chi connectivity index (χ1n) is 8.38. The molecule has 0 spiro atoms. The number of aliphatic hydroxyl groups excluding tert-OH is 1. The van der Waals surface area contributed by atoms with Crippen LogP contribution in [-0.2, 0) is 11.3 Å². The Morgan fingerprint density at radius 1 is 1.38 bits per heavy atom. The lowest BCUT2D eigenvalue weighted by atomic mass is 10.1. The van der Waals surface area contributed by atoms with Gasteiger partial charge in [-0.15, -0.1) is 0 Å². The molecule has 1 heterocycles. The summed E-state index contributed by atoms with van der Waals surface area (Å²) in [6, 6.07) is 5.87. The lowest BCUT2D eigenvalue weighted by Crippen LogP contribution is -2.29. The van der Waals surface area contributed by atoms with Gasteiger partial charge in [-0.2, -0.15) is 0 Å². The van der Waals surface area contributed by atoms with E-state index in [4.69, 9.17) is 4.74 Å². The van der Waals surface area contributed by atoms with Gasteiger partial charge in [-0.3, -0.25) is 4.79 Å². The zero-order valence-electron chi connectivity index (χ0n) is 15.3. The van der Waals surface area contributed by atoms with Crippen molar-refractivity contribution in [2.24, 2.45) is 0 Å². The maximum absolute atomic E-state index is 12.6. The molecule has 0 aliphatic heterocycles. The van der Waals surface area contributed by atoms with Crippen molar-refractivity contribution in [1.82, 2.24) is 9.47 Å². The van der Waals surface area contributed by atoms with Crippen molar-refractivity contribution in [2.45, 2.75) is 39.8 Å². The van der Waals surface area contributed by atoms with E-state index in [-0.39, 0.29) is 5.91 Å². The Kier molecular flexibility index (Phi) is 6.02. The first-order chi connectivity index (χ1) is 11.4. The summed E-state index contributed by atoms with van der Waals surface area (Å²) in [6.45, 7) is 7.93. The van der Waals surface area contributed by atoms with Gasteiger partial charge in [0.2, 0.25) is 0 Å². The summed E-state index contributed by atoms with van der Waals surface area (Å²) in [5.41, 5.74) is 4.21. The number of methoxy groups -OCH3 is 1. The van der Waals surface area contributed by atoms with Crippen LogP contribution in [0.3, 0.4) is 0 Å². The fraction of sp³-hybridized carbons (Fsp3) is 0.526. The topological polar surface area (TPSA) is 54.7 Å². The van der Waals surface area contributed by atoms with E-state index in [1.165, 1.54) is 11.3 Å². The standard InChI is InChI=1S/C19H28N2O3/c1-13(22)8-9-20(4)19(23)16-6-7-18-17(12-16)14(2)15(3)21(18)10-11-24-5/h6-7,12-13,22H,8-11H2,1-5H3. The minimum absolute atomic E-state index is 0.0146. The molecule has 5 nitrogen and oxygen atoms in total.